The summed E-state index contributed by atoms with van der Waals surface area (Å²) in [7, 11) is -1.43. The van der Waals surface area contributed by atoms with E-state index in [1.807, 2.05) is 0 Å². The second-order valence-corrected chi connectivity index (χ2v) is 9.25. The monoisotopic (exact) mass is 450 g/mol. The number of nitrogens with zero attached hydrogens (tertiary/aromatic N) is 1. The van der Waals surface area contributed by atoms with Gasteiger partial charge in [0.25, 0.3) is 5.91 Å². The van der Waals surface area contributed by atoms with E-state index in [4.69, 9.17) is 39.5 Å². The Morgan fingerprint density at radius 2 is 1.93 bits per heavy atom. The minimum atomic E-state index is -2.92. The minimum Gasteiger partial charge on any atom is -0.497 e. The minimum absolute atomic E-state index is 0.0718. The van der Waals surface area contributed by atoms with E-state index in [0.717, 1.165) is 0 Å². The van der Waals surface area contributed by atoms with Crippen LogP contribution in [0.5, 0.6) is 5.75 Å². The number of ether oxygens (including phenoxy) is 1. The molecule has 2 aromatic rings. The van der Waals surface area contributed by atoms with Crippen LogP contribution in [0.25, 0.3) is 0 Å². The molecule has 0 bridgehead atoms. The normalized spacial score (nSPS) is 16.9. The molecule has 6 nitrogen and oxygen atoms in total. The molecular weight excluding hydrogens is 435 g/mol. The lowest BCUT2D eigenvalue weighted by Gasteiger charge is -2.38. The number of amides is 1. The molecule has 0 saturated carbocycles. The Balaban J connectivity index is 1.94. The lowest BCUT2D eigenvalue weighted by atomic mass is 10.1. The van der Waals surface area contributed by atoms with Crippen LogP contribution in [-0.2, 0) is 0 Å². The van der Waals surface area contributed by atoms with Crippen LogP contribution in [0.15, 0.2) is 30.3 Å². The number of hydrogen-bond acceptors (Lipinski definition) is 5. The Kier molecular flexibility index (Phi) is 6.00. The van der Waals surface area contributed by atoms with Crippen molar-refractivity contribution in [1.82, 2.24) is 0 Å². The number of methoxy groups -OCH3 is 1. The van der Waals surface area contributed by atoms with Gasteiger partial charge in [-0.05, 0) is 30.7 Å². The van der Waals surface area contributed by atoms with Gasteiger partial charge in [0, 0.05) is 23.3 Å². The molecule has 27 heavy (non-hydrogen) atoms. The molecule has 1 aliphatic rings. The van der Waals surface area contributed by atoms with Gasteiger partial charge in [-0.25, -0.2) is 0 Å². The fraction of sp³-hybridized carbons (Fsp3) is 0.235. The van der Waals surface area contributed by atoms with Crippen molar-refractivity contribution in [2.45, 2.75) is 6.42 Å². The topological polar surface area (TPSA) is 82.0 Å². The molecule has 1 fully saturated rings. The standard InChI is InChI=1S/C17H17Cl3N2O4S/c1-26-13-6-10(18)5-11(7-13)21-17(23)14-8-12(9-15(19)16(14)20)22-3-2-4-27(22,24)25/h5-9,24-25H,2-4H2,1H3,(H,21,23). The van der Waals surface area contributed by atoms with E-state index < -0.39 is 16.7 Å². The SMILES string of the molecule is COc1cc(Cl)cc(NC(=O)c2cc(N3CCCS3(O)O)cc(Cl)c2Cl)c1. The maximum Gasteiger partial charge on any atom is 0.257 e. The highest BCUT2D eigenvalue weighted by Crippen LogP contribution is 2.52. The molecule has 1 saturated heterocycles. The Morgan fingerprint density at radius 1 is 1.19 bits per heavy atom. The molecule has 146 valence electrons. The van der Waals surface area contributed by atoms with E-state index in [1.165, 1.54) is 23.5 Å². The van der Waals surface area contributed by atoms with Crippen LogP contribution in [0.4, 0.5) is 11.4 Å². The lowest BCUT2D eigenvalue weighted by molar-refractivity contribution is 0.102. The lowest BCUT2D eigenvalue weighted by Crippen LogP contribution is -2.22. The van der Waals surface area contributed by atoms with Gasteiger partial charge < -0.3 is 10.1 Å². The molecule has 3 rings (SSSR count). The molecule has 0 radical (unpaired) electrons. The van der Waals surface area contributed by atoms with E-state index in [9.17, 15) is 13.9 Å². The first-order valence-electron chi connectivity index (χ1n) is 7.90. The first kappa shape index (κ1) is 20.4. The molecular formula is C17H17Cl3N2O4S. The summed E-state index contributed by atoms with van der Waals surface area (Å²) in [6.07, 6.45) is 0.631. The third-order valence-corrected chi connectivity index (χ3v) is 7.00. The molecule has 0 atom stereocenters. The van der Waals surface area contributed by atoms with E-state index in [2.05, 4.69) is 5.32 Å². The molecule has 3 N–H and O–H groups in total. The number of carbonyl (C=O) groups excluding carboxylic acids is 1. The Labute approximate surface area is 173 Å². The number of hydrogen-bond donors (Lipinski definition) is 3. The highest BCUT2D eigenvalue weighted by molar-refractivity contribution is 8.25. The van der Waals surface area contributed by atoms with Gasteiger partial charge in [0.1, 0.15) is 5.75 Å². The number of carbonyl (C=O) groups is 1. The summed E-state index contributed by atoms with van der Waals surface area (Å²) in [4.78, 5) is 12.8. The van der Waals surface area contributed by atoms with Gasteiger partial charge in [-0.1, -0.05) is 34.8 Å². The van der Waals surface area contributed by atoms with Crippen LogP contribution in [0, 0.1) is 0 Å². The zero-order valence-electron chi connectivity index (χ0n) is 14.2. The van der Waals surface area contributed by atoms with Gasteiger partial charge in [0.2, 0.25) is 0 Å². The van der Waals surface area contributed by atoms with Gasteiger partial charge in [-0.3, -0.25) is 18.2 Å². The maximum atomic E-state index is 12.8. The van der Waals surface area contributed by atoms with Crippen LogP contribution >= 0.6 is 45.6 Å². The van der Waals surface area contributed by atoms with Crippen LogP contribution in [0.1, 0.15) is 16.8 Å². The maximum absolute atomic E-state index is 12.8. The van der Waals surface area contributed by atoms with Crippen molar-refractivity contribution in [3.63, 3.8) is 0 Å². The summed E-state index contributed by atoms with van der Waals surface area (Å²) < 4.78 is 26.9. The average molecular weight is 452 g/mol. The van der Waals surface area contributed by atoms with Crippen LogP contribution in [-0.4, -0.2) is 34.4 Å². The molecule has 1 heterocycles. The van der Waals surface area contributed by atoms with Crippen LogP contribution in [0.2, 0.25) is 15.1 Å². The summed E-state index contributed by atoms with van der Waals surface area (Å²) in [6, 6.07) is 7.80. The highest BCUT2D eigenvalue weighted by atomic mass is 35.5. The van der Waals surface area contributed by atoms with Crippen molar-refractivity contribution < 1.29 is 18.6 Å². The first-order valence-corrected chi connectivity index (χ1v) is 10.7. The van der Waals surface area contributed by atoms with E-state index in [1.54, 1.807) is 18.2 Å². The van der Waals surface area contributed by atoms with Crippen LogP contribution < -0.4 is 14.4 Å². The molecule has 0 aliphatic carbocycles. The largest absolute Gasteiger partial charge is 0.497 e. The van der Waals surface area contributed by atoms with Gasteiger partial charge in [0.15, 0.2) is 0 Å². The first-order chi connectivity index (χ1) is 12.7. The van der Waals surface area contributed by atoms with Crippen molar-refractivity contribution in [1.29, 1.82) is 0 Å². The second-order valence-electron chi connectivity index (χ2n) is 5.92. The second kappa shape index (κ2) is 7.95. The predicted octanol–water partition coefficient (Wildman–Crippen LogP) is 5.78. The summed E-state index contributed by atoms with van der Waals surface area (Å²) in [5.74, 6) is 0.252. The Hall–Kier alpha value is -1.35. The van der Waals surface area contributed by atoms with Gasteiger partial charge in [-0.2, -0.15) is 0 Å². The van der Waals surface area contributed by atoms with E-state index in [-0.39, 0.29) is 21.4 Å². The number of halogens is 3. The Bertz CT molecular complexity index is 895. The van der Waals surface area contributed by atoms with Crippen molar-refractivity contribution in [3.8, 4) is 5.75 Å². The summed E-state index contributed by atoms with van der Waals surface area (Å²) in [5, 5.41) is 3.31. The van der Waals surface area contributed by atoms with E-state index >= 15 is 0 Å². The number of anilines is 2. The summed E-state index contributed by atoms with van der Waals surface area (Å²) >= 11 is 18.4. The molecule has 0 spiro atoms. The summed E-state index contributed by atoms with van der Waals surface area (Å²) in [6.45, 7) is 0.451. The highest BCUT2D eigenvalue weighted by Gasteiger charge is 2.30. The summed E-state index contributed by atoms with van der Waals surface area (Å²) in [5.41, 5.74) is 0.961. The fourth-order valence-corrected chi connectivity index (χ4v) is 5.03. The smallest absolute Gasteiger partial charge is 0.257 e. The molecule has 1 amide bonds. The quantitative estimate of drug-likeness (QED) is 0.548. The van der Waals surface area contributed by atoms with Crippen molar-refractivity contribution in [2.75, 3.05) is 29.0 Å². The zero-order chi connectivity index (χ0) is 19.8. The third-order valence-electron chi connectivity index (χ3n) is 4.04. The van der Waals surface area contributed by atoms with Gasteiger partial charge in [0.05, 0.1) is 34.2 Å². The van der Waals surface area contributed by atoms with Crippen molar-refractivity contribution >= 4 is 62.9 Å². The Morgan fingerprint density at radius 3 is 2.56 bits per heavy atom. The van der Waals surface area contributed by atoms with Crippen molar-refractivity contribution in [3.05, 3.63) is 51.0 Å². The van der Waals surface area contributed by atoms with Gasteiger partial charge >= 0.3 is 0 Å². The molecule has 1 aliphatic heterocycles. The number of benzene rings is 2. The zero-order valence-corrected chi connectivity index (χ0v) is 17.3. The molecule has 10 heteroatoms. The predicted molar refractivity (Wildman–Crippen MR) is 112 cm³/mol. The molecule has 0 aromatic heterocycles. The number of rotatable bonds is 4. The third kappa shape index (κ3) is 4.39. The molecule has 0 unspecified atom stereocenters. The average Bonchev–Trinajstić information content (AvgIpc) is 2.95. The fourth-order valence-electron chi connectivity index (χ4n) is 2.79. The molecule has 2 aromatic carbocycles. The van der Waals surface area contributed by atoms with Crippen LogP contribution in [0.3, 0.4) is 0 Å². The van der Waals surface area contributed by atoms with Gasteiger partial charge in [-0.15, -0.1) is 10.8 Å². The number of nitrogens with one attached hydrogen (secondary N) is 1. The van der Waals surface area contributed by atoms with Crippen molar-refractivity contribution in [2.24, 2.45) is 0 Å². The van der Waals surface area contributed by atoms with E-state index in [0.29, 0.717) is 35.1 Å².